The second-order valence-electron chi connectivity index (χ2n) is 4.62. The number of ether oxygens (including phenoxy) is 1. The monoisotopic (exact) mass is 504 g/mol. The van der Waals surface area contributed by atoms with Crippen LogP contribution in [0.3, 0.4) is 0 Å². The van der Waals surface area contributed by atoms with Gasteiger partial charge in [-0.05, 0) is 78.5 Å². The summed E-state index contributed by atoms with van der Waals surface area (Å²) in [7, 11) is 0. The molecule has 0 aliphatic rings. The van der Waals surface area contributed by atoms with Gasteiger partial charge in [-0.2, -0.15) is 0 Å². The number of nitrogens with zero attached hydrogens (tertiary/aromatic N) is 1. The number of benzene rings is 1. The smallest absolute Gasteiger partial charge is 0.340 e. The van der Waals surface area contributed by atoms with Crippen LogP contribution in [0.15, 0.2) is 44.0 Å². The molecule has 0 aliphatic carbocycles. The summed E-state index contributed by atoms with van der Waals surface area (Å²) in [5.41, 5.74) is 1.89. The summed E-state index contributed by atoms with van der Waals surface area (Å²) in [6.45, 7) is 1.55. The van der Waals surface area contributed by atoms with Crippen LogP contribution in [0, 0.1) is 6.92 Å². The van der Waals surface area contributed by atoms with Crippen molar-refractivity contribution in [1.29, 1.82) is 0 Å². The highest BCUT2D eigenvalue weighted by atomic mass is 79.9. The molecule has 0 unspecified atom stereocenters. The minimum atomic E-state index is -0.615. The number of amides is 1. The molecule has 1 aromatic carbocycles. The lowest BCUT2D eigenvalue weighted by Crippen LogP contribution is -2.21. The second-order valence-corrected chi connectivity index (χ2v) is 7.24. The normalized spacial score (nSPS) is 10.3. The summed E-state index contributed by atoms with van der Waals surface area (Å²) in [6, 6.07) is 5.32. The highest BCUT2D eigenvalue weighted by Crippen LogP contribution is 2.32. The Morgan fingerprint density at radius 3 is 2.39 bits per heavy atom. The van der Waals surface area contributed by atoms with Crippen LogP contribution in [0.25, 0.3) is 0 Å². The second kappa shape index (κ2) is 8.03. The van der Waals surface area contributed by atoms with Gasteiger partial charge < -0.3 is 10.1 Å². The van der Waals surface area contributed by atoms with Crippen LogP contribution in [-0.2, 0) is 9.53 Å². The maximum Gasteiger partial charge on any atom is 0.340 e. The lowest BCUT2D eigenvalue weighted by Gasteiger charge is -2.11. The minimum absolute atomic E-state index is 0.268. The van der Waals surface area contributed by atoms with Gasteiger partial charge in [-0.3, -0.25) is 9.78 Å². The number of carbonyl (C=O) groups excluding carboxylic acids is 2. The summed E-state index contributed by atoms with van der Waals surface area (Å²) < 4.78 is 7.11. The van der Waals surface area contributed by atoms with Crippen molar-refractivity contribution < 1.29 is 14.3 Å². The van der Waals surface area contributed by atoms with Crippen molar-refractivity contribution in [3.05, 3.63) is 55.1 Å². The number of rotatable bonds is 4. The molecule has 0 atom stereocenters. The van der Waals surface area contributed by atoms with Gasteiger partial charge in [0, 0.05) is 25.8 Å². The Balaban J connectivity index is 1.97. The van der Waals surface area contributed by atoms with Crippen LogP contribution in [0.5, 0.6) is 0 Å². The van der Waals surface area contributed by atoms with E-state index in [0.29, 0.717) is 10.2 Å². The van der Waals surface area contributed by atoms with E-state index in [2.05, 4.69) is 58.1 Å². The zero-order chi connectivity index (χ0) is 17.0. The van der Waals surface area contributed by atoms with Gasteiger partial charge in [0.25, 0.3) is 5.91 Å². The molecular formula is C15H11Br3N2O3. The fourth-order valence-electron chi connectivity index (χ4n) is 1.73. The average molecular weight is 507 g/mol. The maximum absolute atomic E-state index is 11.9. The molecule has 1 heterocycles. The predicted molar refractivity (Wildman–Crippen MR) is 97.4 cm³/mol. The van der Waals surface area contributed by atoms with Crippen molar-refractivity contribution in [2.24, 2.45) is 0 Å². The number of hydrogen-bond acceptors (Lipinski definition) is 4. The molecule has 2 rings (SSSR count). The average Bonchev–Trinajstić information content (AvgIpc) is 2.48. The Labute approximate surface area is 158 Å². The number of halogens is 3. The molecule has 0 spiro atoms. The summed E-state index contributed by atoms with van der Waals surface area (Å²) in [5.74, 6) is -1.05. The first-order chi connectivity index (χ1) is 10.9. The van der Waals surface area contributed by atoms with Gasteiger partial charge in [-0.25, -0.2) is 4.79 Å². The lowest BCUT2D eigenvalue weighted by molar-refractivity contribution is -0.119. The Morgan fingerprint density at radius 2 is 1.78 bits per heavy atom. The third-order valence-corrected chi connectivity index (χ3v) is 4.41. The van der Waals surface area contributed by atoms with Crippen molar-refractivity contribution >= 4 is 65.4 Å². The van der Waals surface area contributed by atoms with Gasteiger partial charge in [-0.15, -0.1) is 0 Å². The molecule has 0 radical (unpaired) electrons. The van der Waals surface area contributed by atoms with Crippen molar-refractivity contribution in [3.8, 4) is 0 Å². The molecule has 1 amide bonds. The van der Waals surface area contributed by atoms with Crippen molar-refractivity contribution in [2.75, 3.05) is 11.9 Å². The number of carbonyl (C=O) groups is 2. The van der Waals surface area contributed by atoms with E-state index in [4.69, 9.17) is 4.74 Å². The highest BCUT2D eigenvalue weighted by molar-refractivity contribution is 9.11. The van der Waals surface area contributed by atoms with Crippen LogP contribution in [0.1, 0.15) is 15.9 Å². The van der Waals surface area contributed by atoms with Crippen molar-refractivity contribution in [1.82, 2.24) is 4.98 Å². The first-order valence-electron chi connectivity index (χ1n) is 6.40. The molecule has 1 N–H and O–H groups in total. The molecule has 1 aromatic heterocycles. The number of aryl methyl sites for hydroxylation is 1. The Morgan fingerprint density at radius 1 is 1.13 bits per heavy atom. The zero-order valence-electron chi connectivity index (χ0n) is 11.9. The van der Waals surface area contributed by atoms with E-state index < -0.39 is 18.5 Å². The number of nitrogens with one attached hydrogen (secondary N) is 1. The molecule has 0 fully saturated rings. The summed E-state index contributed by atoms with van der Waals surface area (Å²) in [5, 5.41) is 2.69. The van der Waals surface area contributed by atoms with E-state index in [1.165, 1.54) is 6.20 Å². The fraction of sp³-hybridized carbons (Fsp3) is 0.133. The zero-order valence-corrected chi connectivity index (χ0v) is 16.7. The van der Waals surface area contributed by atoms with Crippen LogP contribution in [0.2, 0.25) is 0 Å². The van der Waals surface area contributed by atoms with Crippen LogP contribution >= 0.6 is 47.8 Å². The maximum atomic E-state index is 11.9. The molecule has 5 nitrogen and oxygen atoms in total. The van der Waals surface area contributed by atoms with Gasteiger partial charge in [0.05, 0.1) is 11.3 Å². The highest BCUT2D eigenvalue weighted by Gasteiger charge is 2.14. The minimum Gasteiger partial charge on any atom is -0.452 e. The van der Waals surface area contributed by atoms with Gasteiger partial charge in [0.2, 0.25) is 0 Å². The van der Waals surface area contributed by atoms with Crippen LogP contribution in [0.4, 0.5) is 5.69 Å². The molecule has 120 valence electrons. The van der Waals surface area contributed by atoms with E-state index in [1.54, 1.807) is 12.3 Å². The van der Waals surface area contributed by atoms with E-state index in [1.807, 2.05) is 19.1 Å². The first-order valence-corrected chi connectivity index (χ1v) is 8.78. The Bertz CT molecular complexity index is 742. The standard InChI is InChI=1S/C15H11Br3N2O3/c1-8-2-11(17)14(12(18)3-8)20-13(21)7-23-15(22)9-4-10(16)6-19-5-9/h2-6H,7H2,1H3,(H,20,21). The third-order valence-electron chi connectivity index (χ3n) is 2.73. The Kier molecular flexibility index (Phi) is 6.32. The summed E-state index contributed by atoms with van der Waals surface area (Å²) >= 11 is 9.99. The van der Waals surface area contributed by atoms with E-state index >= 15 is 0 Å². The predicted octanol–water partition coefficient (Wildman–Crippen LogP) is 4.47. The van der Waals surface area contributed by atoms with Crippen LogP contribution < -0.4 is 5.32 Å². The number of pyridine rings is 1. The largest absolute Gasteiger partial charge is 0.452 e. The van der Waals surface area contributed by atoms with Gasteiger partial charge in [-0.1, -0.05) is 0 Å². The van der Waals surface area contributed by atoms with E-state index in [0.717, 1.165) is 14.5 Å². The first kappa shape index (κ1) is 18.1. The molecular weight excluding hydrogens is 496 g/mol. The number of aromatic nitrogens is 1. The molecule has 23 heavy (non-hydrogen) atoms. The Hall–Kier alpha value is -1.25. The number of esters is 1. The molecule has 2 aromatic rings. The van der Waals surface area contributed by atoms with E-state index in [-0.39, 0.29) is 5.56 Å². The van der Waals surface area contributed by atoms with Gasteiger partial charge in [0.1, 0.15) is 0 Å². The van der Waals surface area contributed by atoms with E-state index in [9.17, 15) is 9.59 Å². The van der Waals surface area contributed by atoms with Crippen molar-refractivity contribution in [2.45, 2.75) is 6.92 Å². The van der Waals surface area contributed by atoms with Gasteiger partial charge in [0.15, 0.2) is 6.61 Å². The summed E-state index contributed by atoms with van der Waals surface area (Å²) in [4.78, 5) is 27.7. The number of anilines is 1. The fourth-order valence-corrected chi connectivity index (χ4v) is 3.71. The SMILES string of the molecule is Cc1cc(Br)c(NC(=O)COC(=O)c2cncc(Br)c2)c(Br)c1. The topological polar surface area (TPSA) is 68.3 Å². The molecule has 0 saturated carbocycles. The quantitative estimate of drug-likeness (QED) is 0.621. The lowest BCUT2D eigenvalue weighted by atomic mass is 10.2. The molecule has 8 heteroatoms. The van der Waals surface area contributed by atoms with Gasteiger partial charge >= 0.3 is 5.97 Å². The third kappa shape index (κ3) is 5.12. The summed E-state index contributed by atoms with van der Waals surface area (Å²) in [6.07, 6.45) is 2.92. The molecule has 0 bridgehead atoms. The van der Waals surface area contributed by atoms with Crippen LogP contribution in [-0.4, -0.2) is 23.5 Å². The molecule has 0 saturated heterocycles. The van der Waals surface area contributed by atoms with Crippen molar-refractivity contribution in [3.63, 3.8) is 0 Å². The molecule has 0 aliphatic heterocycles. The number of hydrogen-bond donors (Lipinski definition) is 1.